The van der Waals surface area contributed by atoms with Crippen LogP contribution in [0.4, 0.5) is 51.2 Å². The molecule has 63 heavy (non-hydrogen) atoms. The lowest BCUT2D eigenvalue weighted by Gasteiger charge is -2.29. The van der Waals surface area contributed by atoms with E-state index in [0.29, 0.717) is 0 Å². The van der Waals surface area contributed by atoms with Crippen LogP contribution < -0.4 is 14.7 Å². The largest absolute Gasteiger partial charge is 0.311 e. The monoisotopic (exact) mass is 807 g/mol. The van der Waals surface area contributed by atoms with Gasteiger partial charge in [-0.2, -0.15) is 0 Å². The van der Waals surface area contributed by atoms with Crippen LogP contribution in [0.3, 0.4) is 0 Å². The Morgan fingerprint density at radius 1 is 0.175 bits per heavy atom. The summed E-state index contributed by atoms with van der Waals surface area (Å²) in [6.07, 6.45) is 0. The van der Waals surface area contributed by atoms with E-state index in [-0.39, 0.29) is 0 Å². The summed E-state index contributed by atoms with van der Waals surface area (Å²) in [5.41, 5.74) is 16.9. The molecule has 0 fully saturated rings. The maximum Gasteiger partial charge on any atom is 0.0540 e. The van der Waals surface area contributed by atoms with Gasteiger partial charge in [0.05, 0.1) is 11.4 Å². The van der Waals surface area contributed by atoms with Crippen LogP contribution in [0.5, 0.6) is 0 Å². The zero-order chi connectivity index (χ0) is 42.2. The van der Waals surface area contributed by atoms with E-state index >= 15 is 0 Å². The molecule has 0 aliphatic carbocycles. The maximum absolute atomic E-state index is 2.37. The van der Waals surface area contributed by atoms with Crippen molar-refractivity contribution in [2.24, 2.45) is 0 Å². The van der Waals surface area contributed by atoms with E-state index in [1.807, 2.05) is 0 Å². The lowest BCUT2D eigenvalue weighted by molar-refractivity contribution is 1.28. The molecule has 0 bridgehead atoms. The highest BCUT2D eigenvalue weighted by atomic mass is 15.2. The normalized spacial score (nSPS) is 10.9. The summed E-state index contributed by atoms with van der Waals surface area (Å²) in [6.45, 7) is 0. The highest BCUT2D eigenvalue weighted by molar-refractivity contribution is 5.92. The van der Waals surface area contributed by atoms with Crippen LogP contribution in [-0.4, -0.2) is 0 Å². The Bertz CT molecular complexity index is 2950. The average molecular weight is 808 g/mol. The number of anilines is 9. The van der Waals surface area contributed by atoms with Crippen molar-refractivity contribution in [3.8, 4) is 33.4 Å². The molecule has 0 radical (unpaired) electrons. The van der Waals surface area contributed by atoms with Crippen molar-refractivity contribution in [2.75, 3.05) is 14.7 Å². The second-order valence-corrected chi connectivity index (χ2v) is 15.4. The van der Waals surface area contributed by atoms with Crippen LogP contribution in [0.25, 0.3) is 33.4 Å². The van der Waals surface area contributed by atoms with E-state index in [9.17, 15) is 0 Å². The van der Waals surface area contributed by atoms with Crippen molar-refractivity contribution in [1.82, 2.24) is 0 Å². The second kappa shape index (κ2) is 18.1. The first kappa shape index (κ1) is 38.8. The Morgan fingerprint density at radius 2 is 0.444 bits per heavy atom. The van der Waals surface area contributed by atoms with Gasteiger partial charge in [0.25, 0.3) is 0 Å². The van der Waals surface area contributed by atoms with Crippen molar-refractivity contribution in [1.29, 1.82) is 0 Å². The van der Waals surface area contributed by atoms with Crippen molar-refractivity contribution >= 4 is 51.2 Å². The van der Waals surface area contributed by atoms with Gasteiger partial charge in [0.15, 0.2) is 0 Å². The molecule has 300 valence electrons. The molecule has 3 heteroatoms. The van der Waals surface area contributed by atoms with E-state index in [0.717, 1.165) is 84.6 Å². The van der Waals surface area contributed by atoms with E-state index in [2.05, 4.69) is 288 Å². The number of rotatable bonds is 12. The molecule has 10 aromatic rings. The predicted octanol–water partition coefficient (Wildman–Crippen LogP) is 17.1. The van der Waals surface area contributed by atoms with Gasteiger partial charge >= 0.3 is 0 Å². The van der Waals surface area contributed by atoms with Crippen molar-refractivity contribution in [2.45, 2.75) is 0 Å². The average Bonchev–Trinajstić information content (AvgIpc) is 3.37. The highest BCUT2D eigenvalue weighted by Crippen LogP contribution is 2.45. The molecule has 0 unspecified atom stereocenters. The number of benzene rings is 10. The van der Waals surface area contributed by atoms with Gasteiger partial charge in [-0.05, 0) is 125 Å². The smallest absolute Gasteiger partial charge is 0.0540 e. The minimum absolute atomic E-state index is 1.08. The zero-order valence-corrected chi connectivity index (χ0v) is 34.8. The van der Waals surface area contributed by atoms with Gasteiger partial charge in [-0.15, -0.1) is 0 Å². The summed E-state index contributed by atoms with van der Waals surface area (Å²) in [5, 5.41) is 0. The fraction of sp³-hybridized carbons (Fsp3) is 0. The van der Waals surface area contributed by atoms with Gasteiger partial charge in [0.1, 0.15) is 0 Å². The topological polar surface area (TPSA) is 9.72 Å². The minimum atomic E-state index is 1.08. The molecule has 3 nitrogen and oxygen atoms in total. The fourth-order valence-electron chi connectivity index (χ4n) is 8.47. The Morgan fingerprint density at radius 3 is 0.794 bits per heavy atom. The van der Waals surface area contributed by atoms with E-state index in [4.69, 9.17) is 0 Å². The third kappa shape index (κ3) is 8.24. The molecular weight excluding hydrogens is 763 g/mol. The van der Waals surface area contributed by atoms with E-state index in [1.165, 1.54) is 0 Å². The molecule has 0 aliphatic heterocycles. The van der Waals surface area contributed by atoms with E-state index < -0.39 is 0 Å². The summed E-state index contributed by atoms with van der Waals surface area (Å²) in [7, 11) is 0. The van der Waals surface area contributed by atoms with Gasteiger partial charge in [-0.3, -0.25) is 0 Å². The van der Waals surface area contributed by atoms with Crippen LogP contribution in [0.2, 0.25) is 0 Å². The zero-order valence-electron chi connectivity index (χ0n) is 34.8. The molecule has 0 spiro atoms. The lowest BCUT2D eigenvalue weighted by Crippen LogP contribution is -2.11. The van der Waals surface area contributed by atoms with Crippen LogP contribution in [0, 0.1) is 0 Å². The van der Waals surface area contributed by atoms with Gasteiger partial charge in [-0.25, -0.2) is 0 Å². The van der Waals surface area contributed by atoms with Gasteiger partial charge in [-0.1, -0.05) is 170 Å². The Balaban J connectivity index is 1.00. The second-order valence-electron chi connectivity index (χ2n) is 15.4. The molecule has 0 N–H and O–H groups in total. The van der Waals surface area contributed by atoms with Crippen LogP contribution in [-0.2, 0) is 0 Å². The number of para-hydroxylation sites is 7. The minimum Gasteiger partial charge on any atom is -0.311 e. The summed E-state index contributed by atoms with van der Waals surface area (Å²) in [4.78, 5) is 7.00. The third-order valence-electron chi connectivity index (χ3n) is 11.4. The molecule has 0 aromatic heterocycles. The summed E-state index contributed by atoms with van der Waals surface area (Å²) < 4.78 is 0. The SMILES string of the molecule is c1ccc(N(c2ccccc2)c2ccc(-c3ccc(N(c4ccccc4)c4ccccc4-c4cccc(-c5ccccc5N(c5ccccc5)c5ccccc5)c4)cc3)cc2)cc1. The molecule has 10 aromatic carbocycles. The van der Waals surface area contributed by atoms with Crippen LogP contribution in [0.1, 0.15) is 0 Å². The molecule has 0 saturated carbocycles. The first-order valence-electron chi connectivity index (χ1n) is 21.4. The third-order valence-corrected chi connectivity index (χ3v) is 11.4. The van der Waals surface area contributed by atoms with Gasteiger partial charge in [0, 0.05) is 50.9 Å². The lowest BCUT2D eigenvalue weighted by atomic mass is 9.95. The fourth-order valence-corrected chi connectivity index (χ4v) is 8.47. The molecule has 0 atom stereocenters. The van der Waals surface area contributed by atoms with E-state index in [1.54, 1.807) is 0 Å². The molecule has 0 aliphatic rings. The first-order chi connectivity index (χ1) is 31.3. The molecule has 10 rings (SSSR count). The summed E-state index contributed by atoms with van der Waals surface area (Å²) in [5.74, 6) is 0. The predicted molar refractivity (Wildman–Crippen MR) is 267 cm³/mol. The summed E-state index contributed by atoms with van der Waals surface area (Å²) >= 11 is 0. The van der Waals surface area contributed by atoms with Crippen molar-refractivity contribution < 1.29 is 0 Å². The van der Waals surface area contributed by atoms with Crippen LogP contribution in [0.15, 0.2) is 273 Å². The Labute approximate surface area is 370 Å². The van der Waals surface area contributed by atoms with Crippen LogP contribution >= 0.6 is 0 Å². The standard InChI is InChI=1S/C60H45N3/c1-6-23-50(24-7-1)61(51-25-8-2-9-26-51)55-41-37-46(38-42-55)47-39-43-56(44-40-47)63(54-31-14-5-15-32-54)60-36-19-17-34-58(60)49-22-20-21-48(45-49)57-33-16-18-35-59(57)62(52-27-10-3-11-28-52)53-29-12-4-13-30-53/h1-45H. The number of hydrogen-bond acceptors (Lipinski definition) is 3. The molecule has 0 saturated heterocycles. The molecule has 0 amide bonds. The van der Waals surface area contributed by atoms with Gasteiger partial charge in [0.2, 0.25) is 0 Å². The molecular formula is C60H45N3. The molecule has 0 heterocycles. The van der Waals surface area contributed by atoms with Crippen molar-refractivity contribution in [3.05, 3.63) is 273 Å². The Kier molecular flexibility index (Phi) is 11.1. The maximum atomic E-state index is 2.37. The number of hydrogen-bond donors (Lipinski definition) is 0. The quantitative estimate of drug-likeness (QED) is 0.122. The first-order valence-corrected chi connectivity index (χ1v) is 21.4. The summed E-state index contributed by atoms with van der Waals surface area (Å²) in [6, 6.07) is 97.1. The van der Waals surface area contributed by atoms with Gasteiger partial charge < -0.3 is 14.7 Å². The van der Waals surface area contributed by atoms with Crippen molar-refractivity contribution in [3.63, 3.8) is 0 Å². The Hall–Kier alpha value is -8.40. The highest BCUT2D eigenvalue weighted by Gasteiger charge is 2.20. The number of nitrogens with zero attached hydrogens (tertiary/aromatic N) is 3.